The number of carbonyl (C=O) groups is 3. The minimum Gasteiger partial charge on any atom is -0.497 e. The highest BCUT2D eigenvalue weighted by Crippen LogP contribution is 2.30. The summed E-state index contributed by atoms with van der Waals surface area (Å²) in [5, 5.41) is 0. The van der Waals surface area contributed by atoms with Crippen molar-refractivity contribution in [3.8, 4) is 5.75 Å². The second kappa shape index (κ2) is 7.58. The summed E-state index contributed by atoms with van der Waals surface area (Å²) in [4.78, 5) is 43.4. The van der Waals surface area contributed by atoms with Crippen LogP contribution in [0.1, 0.15) is 28.9 Å². The fourth-order valence-electron chi connectivity index (χ4n) is 3.95. The zero-order chi connectivity index (χ0) is 20.5. The number of rotatable bonds is 4. The average Bonchev–Trinajstić information content (AvgIpc) is 3.03. The number of nitrogens with zero attached hydrogens (tertiary/aromatic N) is 3. The van der Waals surface area contributed by atoms with Crippen LogP contribution in [0.3, 0.4) is 0 Å². The highest BCUT2D eigenvalue weighted by atomic mass is 16.5. The van der Waals surface area contributed by atoms with E-state index in [0.717, 1.165) is 5.56 Å². The maximum atomic E-state index is 13.1. The predicted octanol–water partition coefficient (Wildman–Crippen LogP) is 2.55. The molecule has 2 aliphatic heterocycles. The Hall–Kier alpha value is -3.35. The summed E-state index contributed by atoms with van der Waals surface area (Å²) >= 11 is 0. The molecule has 7 heteroatoms. The van der Waals surface area contributed by atoms with E-state index in [-0.39, 0.29) is 30.4 Å². The number of amides is 4. The predicted molar refractivity (Wildman–Crippen MR) is 106 cm³/mol. The molecule has 0 aliphatic carbocycles. The third-order valence-corrected chi connectivity index (χ3v) is 5.65. The second-order valence-electron chi connectivity index (χ2n) is 7.27. The molecule has 0 bridgehead atoms. The van der Waals surface area contributed by atoms with Gasteiger partial charge in [-0.15, -0.1) is 0 Å². The summed E-state index contributed by atoms with van der Waals surface area (Å²) in [7, 11) is 1.57. The molecule has 0 radical (unpaired) electrons. The molecule has 0 saturated carbocycles. The van der Waals surface area contributed by atoms with Gasteiger partial charge < -0.3 is 14.5 Å². The van der Waals surface area contributed by atoms with Gasteiger partial charge in [0.25, 0.3) is 11.8 Å². The highest BCUT2D eigenvalue weighted by molar-refractivity contribution is 6.05. The van der Waals surface area contributed by atoms with Crippen LogP contribution in [0.2, 0.25) is 0 Å². The molecule has 7 nitrogen and oxygen atoms in total. The van der Waals surface area contributed by atoms with Gasteiger partial charge in [0, 0.05) is 18.7 Å². The number of fused-ring (bicyclic) bond motifs is 1. The number of benzene rings is 2. The molecule has 0 N–H and O–H groups in total. The molecule has 0 spiro atoms. The normalized spacial score (nSPS) is 19.9. The third-order valence-electron chi connectivity index (χ3n) is 5.65. The van der Waals surface area contributed by atoms with Gasteiger partial charge in [-0.05, 0) is 36.8 Å². The summed E-state index contributed by atoms with van der Waals surface area (Å²) in [6, 6.07) is 15.1. The van der Waals surface area contributed by atoms with Gasteiger partial charge in [0.2, 0.25) is 0 Å². The van der Waals surface area contributed by atoms with Crippen molar-refractivity contribution in [1.82, 2.24) is 14.7 Å². The molecule has 150 valence electrons. The zero-order valence-corrected chi connectivity index (χ0v) is 16.4. The molecule has 2 heterocycles. The lowest BCUT2D eigenvalue weighted by molar-refractivity contribution is -0.130. The van der Waals surface area contributed by atoms with E-state index < -0.39 is 6.04 Å². The SMILES string of the molecule is COc1ccc(C(=O)N2CCN3C(=O)N([C@H](C)c4ccccc4)C(=O)[C@@H]3C2)cc1. The maximum Gasteiger partial charge on any atom is 0.328 e. The van der Waals surface area contributed by atoms with Gasteiger partial charge in [-0.25, -0.2) is 4.79 Å². The molecular weight excluding hydrogens is 370 g/mol. The van der Waals surface area contributed by atoms with E-state index in [1.807, 2.05) is 37.3 Å². The molecule has 4 amide bonds. The molecule has 2 aliphatic rings. The largest absolute Gasteiger partial charge is 0.497 e. The van der Waals surface area contributed by atoms with Crippen LogP contribution in [-0.4, -0.2) is 65.3 Å². The van der Waals surface area contributed by atoms with Crippen molar-refractivity contribution in [2.24, 2.45) is 0 Å². The van der Waals surface area contributed by atoms with Crippen molar-refractivity contribution >= 4 is 17.8 Å². The topological polar surface area (TPSA) is 70.2 Å². The van der Waals surface area contributed by atoms with Crippen LogP contribution in [0.4, 0.5) is 4.79 Å². The van der Waals surface area contributed by atoms with Gasteiger partial charge in [-0.3, -0.25) is 14.5 Å². The lowest BCUT2D eigenvalue weighted by Gasteiger charge is -2.35. The Balaban J connectivity index is 1.51. The van der Waals surface area contributed by atoms with E-state index in [1.54, 1.807) is 41.2 Å². The number of methoxy groups -OCH3 is 1. The van der Waals surface area contributed by atoms with Crippen LogP contribution in [-0.2, 0) is 4.79 Å². The fraction of sp³-hybridized carbons (Fsp3) is 0.318. The average molecular weight is 393 g/mol. The summed E-state index contributed by atoms with van der Waals surface area (Å²) in [6.45, 7) is 2.79. The number of piperazine rings is 1. The van der Waals surface area contributed by atoms with E-state index in [9.17, 15) is 14.4 Å². The van der Waals surface area contributed by atoms with E-state index in [4.69, 9.17) is 4.74 Å². The molecule has 0 aromatic heterocycles. The molecule has 29 heavy (non-hydrogen) atoms. The van der Waals surface area contributed by atoms with E-state index >= 15 is 0 Å². The summed E-state index contributed by atoms with van der Waals surface area (Å²) in [5.74, 6) is 0.272. The quantitative estimate of drug-likeness (QED) is 0.749. The van der Waals surface area contributed by atoms with Gasteiger partial charge in [0.15, 0.2) is 0 Å². The maximum absolute atomic E-state index is 13.1. The molecule has 2 fully saturated rings. The van der Waals surface area contributed by atoms with Crippen molar-refractivity contribution in [3.63, 3.8) is 0 Å². The Labute approximate surface area is 169 Å². The molecule has 2 saturated heterocycles. The zero-order valence-electron chi connectivity index (χ0n) is 16.4. The molecular formula is C22H23N3O4. The number of hydrogen-bond acceptors (Lipinski definition) is 4. The monoisotopic (exact) mass is 393 g/mol. The number of carbonyl (C=O) groups excluding carboxylic acids is 3. The fourth-order valence-corrected chi connectivity index (χ4v) is 3.95. The molecule has 0 unspecified atom stereocenters. The third kappa shape index (κ3) is 3.33. The standard InChI is InChI=1S/C22H23N3O4/c1-15(16-6-4-3-5-7-16)25-21(27)19-14-23(12-13-24(19)22(25)28)20(26)17-8-10-18(29-2)11-9-17/h3-11,15,19H,12-14H2,1-2H3/t15-,19+/m1/s1. The molecule has 2 aromatic carbocycles. The molecule has 4 rings (SSSR count). The number of hydrogen-bond donors (Lipinski definition) is 0. The van der Waals surface area contributed by atoms with Crippen LogP contribution in [0.25, 0.3) is 0 Å². The van der Waals surface area contributed by atoms with Gasteiger partial charge in [-0.2, -0.15) is 0 Å². The van der Waals surface area contributed by atoms with Crippen LogP contribution >= 0.6 is 0 Å². The van der Waals surface area contributed by atoms with Crippen LogP contribution < -0.4 is 4.74 Å². The van der Waals surface area contributed by atoms with E-state index in [1.165, 1.54) is 4.90 Å². The van der Waals surface area contributed by atoms with Crippen LogP contribution in [0.15, 0.2) is 54.6 Å². The second-order valence-corrected chi connectivity index (χ2v) is 7.27. The van der Waals surface area contributed by atoms with Crippen molar-refractivity contribution in [1.29, 1.82) is 0 Å². The lowest BCUT2D eigenvalue weighted by Crippen LogP contribution is -2.54. The van der Waals surface area contributed by atoms with E-state index in [2.05, 4.69) is 0 Å². The van der Waals surface area contributed by atoms with Crippen LogP contribution in [0, 0.1) is 0 Å². The first-order valence-electron chi connectivity index (χ1n) is 9.63. The molecule has 2 aromatic rings. The number of urea groups is 1. The van der Waals surface area contributed by atoms with Crippen molar-refractivity contribution in [2.75, 3.05) is 26.7 Å². The Morgan fingerprint density at radius 3 is 2.38 bits per heavy atom. The first-order chi connectivity index (χ1) is 14.0. The highest BCUT2D eigenvalue weighted by Gasteiger charge is 2.50. The smallest absolute Gasteiger partial charge is 0.328 e. The minimum absolute atomic E-state index is 0.151. The van der Waals surface area contributed by atoms with Gasteiger partial charge >= 0.3 is 6.03 Å². The lowest BCUT2D eigenvalue weighted by atomic mass is 10.1. The van der Waals surface area contributed by atoms with Crippen molar-refractivity contribution in [2.45, 2.75) is 19.0 Å². The van der Waals surface area contributed by atoms with Gasteiger partial charge in [-0.1, -0.05) is 30.3 Å². The summed E-state index contributed by atoms with van der Waals surface area (Å²) < 4.78 is 5.13. The molecule has 2 atom stereocenters. The summed E-state index contributed by atoms with van der Waals surface area (Å²) in [5.41, 5.74) is 1.44. The first-order valence-corrected chi connectivity index (χ1v) is 9.63. The first kappa shape index (κ1) is 19.0. The Morgan fingerprint density at radius 1 is 1.03 bits per heavy atom. The van der Waals surface area contributed by atoms with E-state index in [0.29, 0.717) is 24.4 Å². The van der Waals surface area contributed by atoms with Gasteiger partial charge in [0.1, 0.15) is 11.8 Å². The minimum atomic E-state index is -0.635. The number of imide groups is 1. The Morgan fingerprint density at radius 2 is 1.72 bits per heavy atom. The van der Waals surface area contributed by atoms with Crippen LogP contribution in [0.5, 0.6) is 5.75 Å². The number of ether oxygens (including phenoxy) is 1. The van der Waals surface area contributed by atoms with Crippen molar-refractivity contribution in [3.05, 3.63) is 65.7 Å². The summed E-state index contributed by atoms with van der Waals surface area (Å²) in [6.07, 6.45) is 0. The Bertz CT molecular complexity index is 929. The Kier molecular flexibility index (Phi) is 4.96. The van der Waals surface area contributed by atoms with Gasteiger partial charge in [0.05, 0.1) is 19.7 Å². The van der Waals surface area contributed by atoms with Crippen molar-refractivity contribution < 1.29 is 19.1 Å².